The zero-order chi connectivity index (χ0) is 21.3. The second-order valence-electron chi connectivity index (χ2n) is 7.73. The van der Waals surface area contributed by atoms with E-state index in [1.165, 1.54) is 0 Å². The number of nitrogens with two attached hydrogens (primary N) is 1. The van der Waals surface area contributed by atoms with Gasteiger partial charge in [0.25, 0.3) is 0 Å². The molecule has 0 fully saturated rings. The highest BCUT2D eigenvalue weighted by atomic mass is 16.5. The molecule has 0 radical (unpaired) electrons. The van der Waals surface area contributed by atoms with E-state index >= 15 is 0 Å². The van der Waals surface area contributed by atoms with Crippen LogP contribution in [0.2, 0.25) is 0 Å². The first kappa shape index (κ1) is 20.0. The normalized spacial score (nSPS) is 14.7. The quantitative estimate of drug-likeness (QED) is 0.478. The van der Waals surface area contributed by atoms with Crippen molar-refractivity contribution in [1.82, 2.24) is 9.88 Å². The molecule has 2 heterocycles. The van der Waals surface area contributed by atoms with E-state index < -0.39 is 0 Å². The number of hydrogen-bond acceptors (Lipinski definition) is 6. The topological polar surface area (TPSA) is 84.7 Å². The highest BCUT2D eigenvalue weighted by Crippen LogP contribution is 2.48. The van der Waals surface area contributed by atoms with Gasteiger partial charge in [0.2, 0.25) is 12.1 Å². The molecule has 7 nitrogen and oxygen atoms in total. The number of benzene rings is 2. The van der Waals surface area contributed by atoms with E-state index in [-0.39, 0.29) is 11.7 Å². The molecule has 1 atom stereocenters. The summed E-state index contributed by atoms with van der Waals surface area (Å²) in [5, 5.41) is 9.95. The zero-order valence-electron chi connectivity index (χ0n) is 17.5. The van der Waals surface area contributed by atoms with Gasteiger partial charge in [-0.2, -0.15) is 0 Å². The molecule has 1 aliphatic rings. The number of nitrogen functional groups attached to an aromatic ring is 1. The Morgan fingerprint density at radius 2 is 1.97 bits per heavy atom. The Kier molecular flexibility index (Phi) is 5.46. The molecule has 0 aliphatic carbocycles. The van der Waals surface area contributed by atoms with E-state index in [9.17, 15) is 5.11 Å². The molecule has 156 valence electrons. The lowest BCUT2D eigenvalue weighted by molar-refractivity contribution is -0.686. The molecule has 0 amide bonds. The fourth-order valence-electron chi connectivity index (χ4n) is 3.86. The van der Waals surface area contributed by atoms with Crippen LogP contribution in [-0.4, -0.2) is 42.7 Å². The second kappa shape index (κ2) is 8.20. The molecule has 0 saturated heterocycles. The third-order valence-electron chi connectivity index (χ3n) is 5.39. The van der Waals surface area contributed by atoms with Crippen molar-refractivity contribution < 1.29 is 19.1 Å². The summed E-state index contributed by atoms with van der Waals surface area (Å²) in [6, 6.07) is 13.1. The van der Waals surface area contributed by atoms with E-state index in [1.807, 2.05) is 34.9 Å². The van der Waals surface area contributed by atoms with Crippen LogP contribution in [0.25, 0.3) is 0 Å². The van der Waals surface area contributed by atoms with Crippen LogP contribution in [0.4, 0.5) is 5.82 Å². The van der Waals surface area contributed by atoms with Crippen LogP contribution in [0.15, 0.2) is 48.8 Å². The van der Waals surface area contributed by atoms with Crippen LogP contribution < -0.4 is 19.8 Å². The molecule has 0 saturated carbocycles. The number of phenols is 1. The minimum absolute atomic E-state index is 0.147. The molecule has 7 heteroatoms. The van der Waals surface area contributed by atoms with Gasteiger partial charge in [0.1, 0.15) is 22.8 Å². The largest absolute Gasteiger partial charge is 0.508 e. The molecule has 1 aromatic heterocycles. The Labute approximate surface area is 176 Å². The van der Waals surface area contributed by atoms with Gasteiger partial charge in [-0.05, 0) is 44.3 Å². The van der Waals surface area contributed by atoms with Crippen molar-refractivity contribution >= 4 is 5.82 Å². The SMILES string of the molecule is COc1ccc([C@H]2c3ccc(O)cc3Oc3nc[n+](CCCN(C)C)c(N)c32)cc1. The lowest BCUT2D eigenvalue weighted by Crippen LogP contribution is -2.40. The van der Waals surface area contributed by atoms with Crippen molar-refractivity contribution in [1.29, 1.82) is 0 Å². The summed E-state index contributed by atoms with van der Waals surface area (Å²) in [4.78, 5) is 6.70. The highest BCUT2D eigenvalue weighted by Gasteiger charge is 2.36. The first-order valence-electron chi connectivity index (χ1n) is 9.95. The van der Waals surface area contributed by atoms with E-state index in [4.69, 9.17) is 15.2 Å². The Morgan fingerprint density at radius 1 is 1.20 bits per heavy atom. The maximum atomic E-state index is 9.95. The van der Waals surface area contributed by atoms with Crippen molar-refractivity contribution in [2.45, 2.75) is 18.9 Å². The molecule has 0 bridgehead atoms. The highest BCUT2D eigenvalue weighted by molar-refractivity contribution is 5.62. The van der Waals surface area contributed by atoms with Gasteiger partial charge in [0.15, 0.2) is 0 Å². The number of ether oxygens (including phenoxy) is 2. The lowest BCUT2D eigenvalue weighted by atomic mass is 9.83. The number of methoxy groups -OCH3 is 1. The molecule has 0 unspecified atom stereocenters. The maximum absolute atomic E-state index is 9.95. The maximum Gasteiger partial charge on any atom is 0.306 e. The monoisotopic (exact) mass is 407 g/mol. The number of nitrogens with zero attached hydrogens (tertiary/aromatic N) is 3. The minimum atomic E-state index is -0.163. The average Bonchev–Trinajstić information content (AvgIpc) is 2.73. The van der Waals surface area contributed by atoms with Crippen LogP contribution >= 0.6 is 0 Å². The van der Waals surface area contributed by atoms with E-state index in [0.29, 0.717) is 17.4 Å². The van der Waals surface area contributed by atoms with Crippen LogP contribution in [-0.2, 0) is 6.54 Å². The van der Waals surface area contributed by atoms with Crippen molar-refractivity contribution in [3.63, 3.8) is 0 Å². The van der Waals surface area contributed by atoms with Crippen LogP contribution in [0.3, 0.4) is 0 Å². The van der Waals surface area contributed by atoms with Crippen molar-refractivity contribution in [3.05, 3.63) is 65.5 Å². The molecule has 3 N–H and O–H groups in total. The molecule has 0 spiro atoms. The summed E-state index contributed by atoms with van der Waals surface area (Å²) in [5.41, 5.74) is 9.47. The smallest absolute Gasteiger partial charge is 0.306 e. The molecule has 1 aliphatic heterocycles. The Hall–Kier alpha value is -3.32. The fraction of sp³-hybridized carbons (Fsp3) is 0.304. The zero-order valence-corrected chi connectivity index (χ0v) is 17.5. The Morgan fingerprint density at radius 3 is 2.67 bits per heavy atom. The first-order valence-corrected chi connectivity index (χ1v) is 9.95. The van der Waals surface area contributed by atoms with Gasteiger partial charge in [-0.3, -0.25) is 0 Å². The fourth-order valence-corrected chi connectivity index (χ4v) is 3.86. The third kappa shape index (κ3) is 3.76. The molecular weight excluding hydrogens is 380 g/mol. The van der Waals surface area contributed by atoms with Crippen LogP contribution in [0, 0.1) is 0 Å². The number of aromatic nitrogens is 2. The molecular formula is C23H27N4O3+. The summed E-state index contributed by atoms with van der Waals surface area (Å²) in [6.45, 7) is 1.73. The van der Waals surface area contributed by atoms with Crippen molar-refractivity contribution in [2.75, 3.05) is 33.5 Å². The van der Waals surface area contributed by atoms with Gasteiger partial charge in [0, 0.05) is 18.2 Å². The molecule has 30 heavy (non-hydrogen) atoms. The average molecular weight is 407 g/mol. The summed E-state index contributed by atoms with van der Waals surface area (Å²) in [5.74, 6) is 2.46. The van der Waals surface area contributed by atoms with Crippen molar-refractivity contribution in [2.24, 2.45) is 0 Å². The summed E-state index contributed by atoms with van der Waals surface area (Å²) >= 11 is 0. The molecule has 2 aromatic carbocycles. The van der Waals surface area contributed by atoms with Gasteiger partial charge in [-0.25, -0.2) is 4.57 Å². The standard InChI is InChI=1S/C23H26N4O3/c1-26(2)11-4-12-27-14-25-23-21(22(27)24)20(15-5-8-17(29-3)9-6-15)18-10-7-16(28)13-19(18)30-23/h5-10,13-14,20,24,28H,4,11-12H2,1-3H3/p+1/t20-/m0/s1. The predicted octanol–water partition coefficient (Wildman–Crippen LogP) is 2.90. The number of aryl methyl sites for hydroxylation is 1. The number of rotatable bonds is 6. The number of hydrogen-bond donors (Lipinski definition) is 2. The summed E-state index contributed by atoms with van der Waals surface area (Å²) in [7, 11) is 5.76. The number of phenolic OH excluding ortho intramolecular Hbond substituents is 1. The third-order valence-corrected chi connectivity index (χ3v) is 5.39. The summed E-state index contributed by atoms with van der Waals surface area (Å²) < 4.78 is 13.3. The van der Waals surface area contributed by atoms with Crippen LogP contribution in [0.5, 0.6) is 23.1 Å². The van der Waals surface area contributed by atoms with Gasteiger partial charge in [0.05, 0.1) is 19.6 Å². The van der Waals surface area contributed by atoms with Crippen molar-refractivity contribution in [3.8, 4) is 23.1 Å². The number of anilines is 1. The van der Waals surface area contributed by atoms with E-state index in [1.54, 1.807) is 25.6 Å². The first-order chi connectivity index (χ1) is 14.5. The predicted molar refractivity (Wildman–Crippen MR) is 114 cm³/mol. The second-order valence-corrected chi connectivity index (χ2v) is 7.73. The number of aromatic hydroxyl groups is 1. The van der Waals surface area contributed by atoms with Crippen LogP contribution in [0.1, 0.15) is 29.0 Å². The van der Waals surface area contributed by atoms with Gasteiger partial charge >= 0.3 is 5.88 Å². The number of fused-ring (bicyclic) bond motifs is 2. The van der Waals surface area contributed by atoms with Gasteiger partial charge in [-0.1, -0.05) is 23.2 Å². The summed E-state index contributed by atoms with van der Waals surface area (Å²) in [6.07, 6.45) is 2.68. The van der Waals surface area contributed by atoms with Gasteiger partial charge in [-0.15, -0.1) is 0 Å². The Bertz CT molecular complexity index is 1050. The lowest BCUT2D eigenvalue weighted by Gasteiger charge is -2.27. The van der Waals surface area contributed by atoms with E-state index in [0.717, 1.165) is 42.0 Å². The molecule has 4 rings (SSSR count). The molecule has 3 aromatic rings. The van der Waals surface area contributed by atoms with E-state index in [2.05, 4.69) is 24.0 Å². The Balaban J connectivity index is 1.81. The minimum Gasteiger partial charge on any atom is -0.508 e. The van der Waals surface area contributed by atoms with Gasteiger partial charge < -0.3 is 25.2 Å².